The molecule has 0 amide bonds. The van der Waals surface area contributed by atoms with Crippen molar-refractivity contribution in [2.75, 3.05) is 13.6 Å². The van der Waals surface area contributed by atoms with E-state index in [0.717, 1.165) is 46.9 Å². The molecule has 3 aromatic rings. The fraction of sp³-hybridized carbons (Fsp3) is 0.409. The van der Waals surface area contributed by atoms with Crippen LogP contribution in [0, 0.1) is 13.8 Å². The van der Waals surface area contributed by atoms with Crippen molar-refractivity contribution in [2.24, 2.45) is 0 Å². The molecule has 5 heteroatoms. The minimum atomic E-state index is 0.698. The van der Waals surface area contributed by atoms with E-state index in [4.69, 9.17) is 5.10 Å². The normalized spacial score (nSPS) is 17.5. The molecule has 2 aromatic heterocycles. The van der Waals surface area contributed by atoms with Gasteiger partial charge in [0.2, 0.25) is 0 Å². The number of hydrogen-bond acceptors (Lipinski definition) is 4. The summed E-state index contributed by atoms with van der Waals surface area (Å²) in [4.78, 5) is 11.6. The zero-order chi connectivity index (χ0) is 18.8. The van der Waals surface area contributed by atoms with Gasteiger partial charge >= 0.3 is 0 Å². The molecule has 1 fully saturated rings. The zero-order valence-corrected chi connectivity index (χ0v) is 16.4. The van der Waals surface area contributed by atoms with E-state index in [0.29, 0.717) is 6.04 Å². The monoisotopic (exact) mass is 361 g/mol. The number of likely N-dealkylation sites (tertiary alicyclic amines) is 1. The second-order valence-corrected chi connectivity index (χ2v) is 7.56. The van der Waals surface area contributed by atoms with Crippen LogP contribution in [0.4, 0.5) is 0 Å². The highest BCUT2D eigenvalue weighted by molar-refractivity contribution is 5.70. The van der Waals surface area contributed by atoms with Gasteiger partial charge in [-0.2, -0.15) is 5.10 Å². The van der Waals surface area contributed by atoms with E-state index < -0.39 is 0 Å². The van der Waals surface area contributed by atoms with Crippen molar-refractivity contribution in [3.05, 3.63) is 54.1 Å². The van der Waals surface area contributed by atoms with Gasteiger partial charge in [0.1, 0.15) is 0 Å². The second-order valence-electron chi connectivity index (χ2n) is 7.56. The van der Waals surface area contributed by atoms with Crippen LogP contribution < -0.4 is 0 Å². The summed E-state index contributed by atoms with van der Waals surface area (Å²) in [5.41, 5.74) is 6.04. The van der Waals surface area contributed by atoms with Crippen LogP contribution in [-0.2, 0) is 6.54 Å². The summed E-state index contributed by atoms with van der Waals surface area (Å²) in [5.74, 6) is 0. The molecular formula is C22H27N5. The molecule has 0 aliphatic carbocycles. The predicted molar refractivity (Wildman–Crippen MR) is 108 cm³/mol. The van der Waals surface area contributed by atoms with Crippen molar-refractivity contribution < 1.29 is 0 Å². The van der Waals surface area contributed by atoms with Crippen molar-refractivity contribution in [3.8, 4) is 22.5 Å². The first kappa shape index (κ1) is 17.9. The highest BCUT2D eigenvalue weighted by Gasteiger charge is 2.20. The average molecular weight is 361 g/mol. The van der Waals surface area contributed by atoms with E-state index >= 15 is 0 Å². The van der Waals surface area contributed by atoms with Gasteiger partial charge in [-0.15, -0.1) is 0 Å². The molecule has 0 radical (unpaired) electrons. The maximum absolute atomic E-state index is 4.80. The fourth-order valence-electron chi connectivity index (χ4n) is 3.90. The van der Waals surface area contributed by atoms with Crippen molar-refractivity contribution in [1.82, 2.24) is 24.6 Å². The standard InChI is InChI=1S/C22H27N5/c1-16-15-23-17(2)22(24-16)19-7-4-6-18(14-19)21-10-13-27(25-21)12-9-20-8-5-11-26(20)3/h4,6-7,10,13-15,20H,5,8-9,11-12H2,1-3H3. The molecule has 27 heavy (non-hydrogen) atoms. The minimum absolute atomic E-state index is 0.698. The zero-order valence-electron chi connectivity index (χ0n) is 16.4. The number of hydrogen-bond donors (Lipinski definition) is 0. The highest BCUT2D eigenvalue weighted by Crippen LogP contribution is 2.26. The van der Waals surface area contributed by atoms with E-state index in [1.807, 2.05) is 20.0 Å². The van der Waals surface area contributed by atoms with Crippen LogP contribution in [0.5, 0.6) is 0 Å². The number of aromatic nitrogens is 4. The summed E-state index contributed by atoms with van der Waals surface area (Å²) in [5, 5.41) is 4.80. The summed E-state index contributed by atoms with van der Waals surface area (Å²) in [6.07, 6.45) is 7.69. The molecule has 1 unspecified atom stereocenters. The van der Waals surface area contributed by atoms with Gasteiger partial charge < -0.3 is 4.90 Å². The topological polar surface area (TPSA) is 46.8 Å². The number of benzene rings is 1. The fourth-order valence-corrected chi connectivity index (χ4v) is 3.90. The quantitative estimate of drug-likeness (QED) is 0.686. The molecule has 1 saturated heterocycles. The Morgan fingerprint density at radius 3 is 2.81 bits per heavy atom. The van der Waals surface area contributed by atoms with Crippen LogP contribution in [0.3, 0.4) is 0 Å². The Morgan fingerprint density at radius 1 is 1.15 bits per heavy atom. The Morgan fingerprint density at radius 2 is 2.00 bits per heavy atom. The van der Waals surface area contributed by atoms with Crippen LogP contribution in [-0.4, -0.2) is 44.3 Å². The number of aryl methyl sites for hydroxylation is 3. The van der Waals surface area contributed by atoms with Gasteiger partial charge in [0.15, 0.2) is 0 Å². The van der Waals surface area contributed by atoms with Crippen LogP contribution in [0.15, 0.2) is 42.7 Å². The molecule has 0 saturated carbocycles. The maximum atomic E-state index is 4.80. The van der Waals surface area contributed by atoms with Gasteiger partial charge in [-0.1, -0.05) is 18.2 Å². The van der Waals surface area contributed by atoms with Crippen LogP contribution in [0.1, 0.15) is 30.7 Å². The lowest BCUT2D eigenvalue weighted by Crippen LogP contribution is -2.26. The van der Waals surface area contributed by atoms with Crippen molar-refractivity contribution >= 4 is 0 Å². The first-order chi connectivity index (χ1) is 13.1. The Balaban J connectivity index is 1.52. The largest absolute Gasteiger partial charge is 0.303 e. The SMILES string of the molecule is Cc1cnc(C)c(-c2cccc(-c3ccn(CCC4CCCN4C)n3)c2)n1. The smallest absolute Gasteiger partial charge is 0.0923 e. The molecule has 140 valence electrons. The third-order valence-electron chi connectivity index (χ3n) is 5.51. The summed E-state index contributed by atoms with van der Waals surface area (Å²) < 4.78 is 2.08. The average Bonchev–Trinajstić information content (AvgIpc) is 3.31. The van der Waals surface area contributed by atoms with E-state index in [1.54, 1.807) is 0 Å². The van der Waals surface area contributed by atoms with E-state index in [2.05, 4.69) is 63.1 Å². The summed E-state index contributed by atoms with van der Waals surface area (Å²) in [6.45, 7) is 6.17. The second kappa shape index (κ2) is 7.61. The summed E-state index contributed by atoms with van der Waals surface area (Å²) >= 11 is 0. The van der Waals surface area contributed by atoms with Gasteiger partial charge in [0.25, 0.3) is 0 Å². The first-order valence-corrected chi connectivity index (χ1v) is 9.75. The van der Waals surface area contributed by atoms with Crippen molar-refractivity contribution in [2.45, 2.75) is 45.7 Å². The van der Waals surface area contributed by atoms with E-state index in [1.165, 1.54) is 19.4 Å². The predicted octanol–water partition coefficient (Wildman–Crippen LogP) is 4.11. The summed E-state index contributed by atoms with van der Waals surface area (Å²) in [6, 6.07) is 11.2. The van der Waals surface area contributed by atoms with Crippen molar-refractivity contribution in [1.29, 1.82) is 0 Å². The Hall–Kier alpha value is -2.53. The van der Waals surface area contributed by atoms with Crippen LogP contribution in [0.25, 0.3) is 22.5 Å². The molecule has 1 aliphatic heterocycles. The third-order valence-corrected chi connectivity index (χ3v) is 5.51. The number of nitrogens with zero attached hydrogens (tertiary/aromatic N) is 5. The van der Waals surface area contributed by atoms with E-state index in [9.17, 15) is 0 Å². The molecule has 1 aromatic carbocycles. The Labute approximate surface area is 161 Å². The molecule has 1 aliphatic rings. The first-order valence-electron chi connectivity index (χ1n) is 9.75. The van der Waals surface area contributed by atoms with Gasteiger partial charge in [-0.05, 0) is 58.8 Å². The molecule has 4 rings (SSSR count). The van der Waals surface area contributed by atoms with Crippen LogP contribution in [0.2, 0.25) is 0 Å². The van der Waals surface area contributed by atoms with Gasteiger partial charge in [-0.25, -0.2) is 4.98 Å². The third kappa shape index (κ3) is 3.93. The molecule has 5 nitrogen and oxygen atoms in total. The lowest BCUT2D eigenvalue weighted by molar-refractivity contribution is 0.283. The molecule has 0 bridgehead atoms. The lowest BCUT2D eigenvalue weighted by Gasteiger charge is -2.18. The van der Waals surface area contributed by atoms with Gasteiger partial charge in [0.05, 0.1) is 22.8 Å². The molecule has 0 N–H and O–H groups in total. The minimum Gasteiger partial charge on any atom is -0.303 e. The number of rotatable bonds is 5. The highest BCUT2D eigenvalue weighted by atomic mass is 15.3. The molecule has 0 spiro atoms. The Bertz CT molecular complexity index is 930. The lowest BCUT2D eigenvalue weighted by atomic mass is 10.0. The Kier molecular flexibility index (Phi) is 5.03. The maximum Gasteiger partial charge on any atom is 0.0923 e. The molecule has 1 atom stereocenters. The molecular weight excluding hydrogens is 334 g/mol. The van der Waals surface area contributed by atoms with Gasteiger partial charge in [0, 0.05) is 36.1 Å². The van der Waals surface area contributed by atoms with Crippen LogP contribution >= 0.6 is 0 Å². The summed E-state index contributed by atoms with van der Waals surface area (Å²) in [7, 11) is 2.23. The van der Waals surface area contributed by atoms with Crippen molar-refractivity contribution in [3.63, 3.8) is 0 Å². The molecule has 3 heterocycles. The van der Waals surface area contributed by atoms with Gasteiger partial charge in [-0.3, -0.25) is 9.67 Å². The van der Waals surface area contributed by atoms with E-state index in [-0.39, 0.29) is 0 Å².